The number of hydrogen-bond acceptors (Lipinski definition) is 2. The molecule has 25 heavy (non-hydrogen) atoms. The van der Waals surface area contributed by atoms with E-state index in [4.69, 9.17) is 0 Å². The van der Waals surface area contributed by atoms with Gasteiger partial charge in [-0.05, 0) is 50.4 Å². The molecule has 1 aromatic carbocycles. The standard InChI is InChI=1S/C23H26O2/c1-23-19-13-7-6-9-15(19)14-8-2-3-10-16(14)20(23)21(24)17-11-4-5-12-18(17)22(23)25/h4-5,11-12,16,19-20H,2-3,6-10,13H2,1H3/t16-,19+,20+,23-/m0/s1. The summed E-state index contributed by atoms with van der Waals surface area (Å²) in [6.07, 6.45) is 9.38. The molecular formula is C23H26O2. The van der Waals surface area contributed by atoms with Gasteiger partial charge in [-0.1, -0.05) is 55.2 Å². The fourth-order valence-electron chi connectivity index (χ4n) is 6.61. The maximum Gasteiger partial charge on any atom is 0.170 e. The van der Waals surface area contributed by atoms with Gasteiger partial charge in [-0.2, -0.15) is 0 Å². The molecule has 0 aliphatic heterocycles. The summed E-state index contributed by atoms with van der Waals surface area (Å²) in [5.74, 6) is 0.957. The Morgan fingerprint density at radius 3 is 2.36 bits per heavy atom. The molecule has 4 aliphatic rings. The second kappa shape index (κ2) is 5.40. The maximum atomic E-state index is 13.7. The number of carbonyl (C=O) groups is 2. The molecule has 0 radical (unpaired) electrons. The topological polar surface area (TPSA) is 34.1 Å². The van der Waals surface area contributed by atoms with Crippen molar-refractivity contribution in [1.82, 2.24) is 0 Å². The highest BCUT2D eigenvalue weighted by atomic mass is 16.1. The van der Waals surface area contributed by atoms with Gasteiger partial charge in [-0.15, -0.1) is 0 Å². The number of allylic oxidation sites excluding steroid dienone is 2. The van der Waals surface area contributed by atoms with Gasteiger partial charge in [0.15, 0.2) is 11.6 Å². The zero-order valence-corrected chi connectivity index (χ0v) is 15.0. The van der Waals surface area contributed by atoms with E-state index in [9.17, 15) is 9.59 Å². The summed E-state index contributed by atoms with van der Waals surface area (Å²) < 4.78 is 0. The van der Waals surface area contributed by atoms with Gasteiger partial charge in [-0.3, -0.25) is 9.59 Å². The molecule has 130 valence electrons. The van der Waals surface area contributed by atoms with Gasteiger partial charge >= 0.3 is 0 Å². The first kappa shape index (κ1) is 15.5. The first-order chi connectivity index (χ1) is 12.1. The summed E-state index contributed by atoms with van der Waals surface area (Å²) in [6, 6.07) is 7.55. The average molecular weight is 334 g/mol. The second-order valence-electron chi connectivity index (χ2n) is 8.70. The fourth-order valence-corrected chi connectivity index (χ4v) is 6.61. The van der Waals surface area contributed by atoms with E-state index in [1.807, 2.05) is 24.3 Å². The minimum Gasteiger partial charge on any atom is -0.294 e. The molecule has 2 heteroatoms. The van der Waals surface area contributed by atoms with Gasteiger partial charge in [-0.25, -0.2) is 0 Å². The quantitative estimate of drug-likeness (QED) is 0.597. The zero-order valence-electron chi connectivity index (χ0n) is 15.0. The highest BCUT2D eigenvalue weighted by Crippen LogP contribution is 2.61. The predicted octanol–water partition coefficient (Wildman–Crippen LogP) is 5.38. The lowest BCUT2D eigenvalue weighted by Gasteiger charge is -2.55. The SMILES string of the molecule is C[C@@]12C(=O)c3ccccc3C(=O)[C@H]1[C@H]1CCCCC1=C1CCCC[C@H]12. The van der Waals surface area contributed by atoms with Crippen LogP contribution in [0.1, 0.15) is 79.0 Å². The Kier molecular flexibility index (Phi) is 3.36. The third-order valence-electron chi connectivity index (χ3n) is 7.66. The highest BCUT2D eigenvalue weighted by Gasteiger charge is 2.61. The van der Waals surface area contributed by atoms with Gasteiger partial charge in [0.25, 0.3) is 0 Å². The van der Waals surface area contributed by atoms with E-state index in [0.29, 0.717) is 23.0 Å². The van der Waals surface area contributed by atoms with E-state index in [1.54, 1.807) is 11.1 Å². The van der Waals surface area contributed by atoms with Crippen molar-refractivity contribution >= 4 is 11.6 Å². The molecule has 0 N–H and O–H groups in total. The van der Waals surface area contributed by atoms with Crippen molar-refractivity contribution in [3.63, 3.8) is 0 Å². The summed E-state index contributed by atoms with van der Waals surface area (Å²) in [5, 5.41) is 0. The smallest absolute Gasteiger partial charge is 0.170 e. The van der Waals surface area contributed by atoms with Crippen molar-refractivity contribution in [3.05, 3.63) is 46.5 Å². The minimum absolute atomic E-state index is 0.128. The lowest BCUT2D eigenvalue weighted by molar-refractivity contribution is 0.0234. The highest BCUT2D eigenvalue weighted by molar-refractivity contribution is 6.18. The third kappa shape index (κ3) is 1.91. The van der Waals surface area contributed by atoms with E-state index in [0.717, 1.165) is 25.7 Å². The van der Waals surface area contributed by atoms with Crippen molar-refractivity contribution in [1.29, 1.82) is 0 Å². The van der Waals surface area contributed by atoms with Crippen molar-refractivity contribution in [2.24, 2.45) is 23.2 Å². The number of hydrogen-bond donors (Lipinski definition) is 0. The van der Waals surface area contributed by atoms with Crippen LogP contribution in [-0.4, -0.2) is 11.6 Å². The maximum absolute atomic E-state index is 13.7. The van der Waals surface area contributed by atoms with E-state index >= 15 is 0 Å². The van der Waals surface area contributed by atoms with Crippen molar-refractivity contribution in [2.75, 3.05) is 0 Å². The Morgan fingerprint density at radius 2 is 1.56 bits per heavy atom. The second-order valence-corrected chi connectivity index (χ2v) is 8.70. The molecule has 0 amide bonds. The number of fused-ring (bicyclic) bond motifs is 6. The van der Waals surface area contributed by atoms with Gasteiger partial charge in [0.2, 0.25) is 0 Å². The molecule has 2 saturated carbocycles. The Labute approximate surface area is 149 Å². The Morgan fingerprint density at radius 1 is 0.880 bits per heavy atom. The summed E-state index contributed by atoms with van der Waals surface area (Å²) >= 11 is 0. The number of Topliss-reactive ketones (excluding diaryl/α,β-unsaturated/α-hetero) is 2. The van der Waals surface area contributed by atoms with Crippen molar-refractivity contribution in [3.8, 4) is 0 Å². The van der Waals surface area contributed by atoms with E-state index in [-0.39, 0.29) is 17.5 Å². The van der Waals surface area contributed by atoms with Gasteiger partial charge in [0.1, 0.15) is 0 Å². The lowest BCUT2D eigenvalue weighted by atomic mass is 9.46. The molecule has 4 aliphatic carbocycles. The van der Waals surface area contributed by atoms with Crippen LogP contribution < -0.4 is 0 Å². The Hall–Kier alpha value is -1.70. The molecular weight excluding hydrogens is 308 g/mol. The van der Waals surface area contributed by atoms with Crippen LogP contribution >= 0.6 is 0 Å². The molecule has 0 bridgehead atoms. The monoisotopic (exact) mass is 334 g/mol. The Bertz CT molecular complexity index is 802. The van der Waals surface area contributed by atoms with Crippen LogP contribution in [0, 0.1) is 23.2 Å². The summed E-state index contributed by atoms with van der Waals surface area (Å²) in [6.45, 7) is 2.13. The molecule has 0 spiro atoms. The van der Waals surface area contributed by atoms with E-state index in [2.05, 4.69) is 6.92 Å². The molecule has 2 nitrogen and oxygen atoms in total. The van der Waals surface area contributed by atoms with Crippen LogP contribution in [0.2, 0.25) is 0 Å². The normalized spacial score (nSPS) is 37.1. The first-order valence-electron chi connectivity index (χ1n) is 10.0. The largest absolute Gasteiger partial charge is 0.294 e. The molecule has 0 saturated heterocycles. The predicted molar refractivity (Wildman–Crippen MR) is 97.6 cm³/mol. The minimum atomic E-state index is -0.521. The van der Waals surface area contributed by atoms with Crippen LogP contribution in [0.25, 0.3) is 0 Å². The third-order valence-corrected chi connectivity index (χ3v) is 7.66. The van der Waals surface area contributed by atoms with Gasteiger partial charge in [0.05, 0.1) is 0 Å². The first-order valence-corrected chi connectivity index (χ1v) is 10.0. The number of carbonyl (C=O) groups excluding carboxylic acids is 2. The molecule has 0 heterocycles. The molecule has 4 atom stereocenters. The number of ketones is 2. The van der Waals surface area contributed by atoms with Crippen LogP contribution in [0.3, 0.4) is 0 Å². The van der Waals surface area contributed by atoms with Gasteiger partial charge < -0.3 is 0 Å². The van der Waals surface area contributed by atoms with E-state index < -0.39 is 5.41 Å². The molecule has 0 unspecified atom stereocenters. The fraction of sp³-hybridized carbons (Fsp3) is 0.565. The summed E-state index contributed by atoms with van der Waals surface area (Å²) in [7, 11) is 0. The summed E-state index contributed by atoms with van der Waals surface area (Å²) in [4.78, 5) is 27.2. The van der Waals surface area contributed by atoms with Crippen molar-refractivity contribution in [2.45, 2.75) is 58.3 Å². The van der Waals surface area contributed by atoms with E-state index in [1.165, 1.54) is 25.7 Å². The van der Waals surface area contributed by atoms with Gasteiger partial charge in [0, 0.05) is 22.5 Å². The molecule has 1 aromatic rings. The molecule has 5 rings (SSSR count). The van der Waals surface area contributed by atoms with Crippen LogP contribution in [0.4, 0.5) is 0 Å². The van der Waals surface area contributed by atoms with Crippen LogP contribution in [0.5, 0.6) is 0 Å². The lowest BCUT2D eigenvalue weighted by Crippen LogP contribution is -2.56. The average Bonchev–Trinajstić information content (AvgIpc) is 2.67. The van der Waals surface area contributed by atoms with Crippen LogP contribution in [0.15, 0.2) is 35.4 Å². The molecule has 2 fully saturated rings. The molecule has 0 aromatic heterocycles. The van der Waals surface area contributed by atoms with Crippen LogP contribution in [-0.2, 0) is 0 Å². The number of benzene rings is 1. The zero-order chi connectivity index (χ0) is 17.2. The Balaban J connectivity index is 1.76. The van der Waals surface area contributed by atoms with Crippen molar-refractivity contribution < 1.29 is 9.59 Å². The summed E-state index contributed by atoms with van der Waals surface area (Å²) in [5.41, 5.74) is 4.00. The number of rotatable bonds is 0.